The Labute approximate surface area is 152 Å². The molecule has 0 bridgehead atoms. The summed E-state index contributed by atoms with van der Waals surface area (Å²) in [6.45, 7) is 3.60. The van der Waals surface area contributed by atoms with Crippen LogP contribution < -0.4 is 9.62 Å². The van der Waals surface area contributed by atoms with Crippen molar-refractivity contribution in [1.29, 1.82) is 0 Å². The van der Waals surface area contributed by atoms with Crippen LogP contribution in [0.3, 0.4) is 0 Å². The summed E-state index contributed by atoms with van der Waals surface area (Å²) in [7, 11) is -3.68. The van der Waals surface area contributed by atoms with Crippen molar-refractivity contribution >= 4 is 33.2 Å². The van der Waals surface area contributed by atoms with Crippen LogP contribution in [-0.4, -0.2) is 31.6 Å². The molecule has 2 rings (SSSR count). The first-order chi connectivity index (χ1) is 11.7. The van der Waals surface area contributed by atoms with Gasteiger partial charge in [-0.1, -0.05) is 17.7 Å². The Hall–Kier alpha value is -2.12. The molecule has 25 heavy (non-hydrogen) atoms. The van der Waals surface area contributed by atoms with Crippen LogP contribution in [-0.2, 0) is 21.4 Å². The summed E-state index contributed by atoms with van der Waals surface area (Å²) in [4.78, 5) is 16.4. The predicted molar refractivity (Wildman–Crippen MR) is 99.1 cm³/mol. The normalized spacial score (nSPS) is 12.5. The molecule has 0 fully saturated rings. The molecule has 1 atom stereocenters. The first-order valence-electron chi connectivity index (χ1n) is 7.62. The largest absolute Gasteiger partial charge is 0.350 e. The second kappa shape index (κ2) is 7.84. The highest BCUT2D eigenvalue weighted by molar-refractivity contribution is 7.92. The smallest absolute Gasteiger partial charge is 0.243 e. The number of carbonyl (C=O) groups is 1. The standard InChI is InChI=1S/C17H20ClN3O3S/c1-12-4-5-15(18)10-16(12)21(25(3,23)24)13(2)17(22)20-11-14-6-8-19-9-7-14/h4-10,13H,11H2,1-3H3,(H,20,22)/t13-/m1/s1. The molecule has 1 aromatic carbocycles. The average molecular weight is 382 g/mol. The first-order valence-corrected chi connectivity index (χ1v) is 9.85. The van der Waals surface area contributed by atoms with Crippen LogP contribution in [0.15, 0.2) is 42.7 Å². The van der Waals surface area contributed by atoms with Gasteiger partial charge < -0.3 is 5.32 Å². The van der Waals surface area contributed by atoms with Crippen molar-refractivity contribution in [1.82, 2.24) is 10.3 Å². The zero-order valence-corrected chi connectivity index (χ0v) is 15.8. The van der Waals surface area contributed by atoms with Crippen LogP contribution in [0.25, 0.3) is 0 Å². The molecule has 1 amide bonds. The molecular weight excluding hydrogens is 362 g/mol. The minimum absolute atomic E-state index is 0.290. The molecule has 0 unspecified atom stereocenters. The minimum atomic E-state index is -3.68. The number of pyridine rings is 1. The number of nitrogens with zero attached hydrogens (tertiary/aromatic N) is 2. The van der Waals surface area contributed by atoms with Gasteiger partial charge in [0.1, 0.15) is 6.04 Å². The molecule has 0 radical (unpaired) electrons. The van der Waals surface area contributed by atoms with Crippen molar-refractivity contribution in [3.8, 4) is 0 Å². The number of benzene rings is 1. The molecule has 0 saturated heterocycles. The molecule has 134 valence electrons. The zero-order chi connectivity index (χ0) is 18.6. The third kappa shape index (κ3) is 4.93. The number of hydrogen-bond acceptors (Lipinski definition) is 4. The van der Waals surface area contributed by atoms with Crippen LogP contribution >= 0.6 is 11.6 Å². The highest BCUT2D eigenvalue weighted by atomic mass is 35.5. The summed E-state index contributed by atoms with van der Waals surface area (Å²) < 4.78 is 25.7. The van der Waals surface area contributed by atoms with Crippen molar-refractivity contribution in [2.75, 3.05) is 10.6 Å². The van der Waals surface area contributed by atoms with Gasteiger partial charge in [-0.05, 0) is 49.2 Å². The molecule has 0 aliphatic carbocycles. The maximum atomic E-state index is 12.5. The monoisotopic (exact) mass is 381 g/mol. The lowest BCUT2D eigenvalue weighted by molar-refractivity contribution is -0.122. The molecule has 0 spiro atoms. The van der Waals surface area contributed by atoms with E-state index in [4.69, 9.17) is 11.6 Å². The Bertz CT molecular complexity index is 857. The van der Waals surface area contributed by atoms with E-state index >= 15 is 0 Å². The van der Waals surface area contributed by atoms with E-state index in [1.807, 2.05) is 0 Å². The number of halogens is 1. The maximum Gasteiger partial charge on any atom is 0.243 e. The van der Waals surface area contributed by atoms with E-state index in [0.717, 1.165) is 16.1 Å². The highest BCUT2D eigenvalue weighted by Gasteiger charge is 2.30. The fraction of sp³-hybridized carbons (Fsp3) is 0.294. The molecule has 0 aliphatic rings. The highest BCUT2D eigenvalue weighted by Crippen LogP contribution is 2.28. The van der Waals surface area contributed by atoms with Crippen LogP contribution in [0.1, 0.15) is 18.1 Å². The van der Waals surface area contributed by atoms with Gasteiger partial charge in [-0.3, -0.25) is 14.1 Å². The summed E-state index contributed by atoms with van der Waals surface area (Å²) in [5, 5.41) is 3.15. The van der Waals surface area contributed by atoms with E-state index < -0.39 is 22.0 Å². The number of aromatic nitrogens is 1. The third-order valence-corrected chi connectivity index (χ3v) is 5.18. The molecule has 1 heterocycles. The Kier molecular flexibility index (Phi) is 6.02. The minimum Gasteiger partial charge on any atom is -0.350 e. The van der Waals surface area contributed by atoms with Gasteiger partial charge >= 0.3 is 0 Å². The van der Waals surface area contributed by atoms with Crippen molar-refractivity contribution in [3.05, 3.63) is 58.9 Å². The zero-order valence-electron chi connectivity index (χ0n) is 14.2. The topological polar surface area (TPSA) is 79.4 Å². The molecule has 1 aromatic heterocycles. The number of rotatable bonds is 6. The van der Waals surface area contributed by atoms with E-state index in [0.29, 0.717) is 16.3 Å². The summed E-state index contributed by atoms with van der Waals surface area (Å²) in [6, 6.07) is 7.58. The van der Waals surface area contributed by atoms with Crippen molar-refractivity contribution in [2.24, 2.45) is 0 Å². The lowest BCUT2D eigenvalue weighted by atomic mass is 10.1. The van der Waals surface area contributed by atoms with E-state index in [9.17, 15) is 13.2 Å². The number of aryl methyl sites for hydroxylation is 1. The average Bonchev–Trinajstić information content (AvgIpc) is 2.55. The Balaban J connectivity index is 2.25. The van der Waals surface area contributed by atoms with Gasteiger partial charge in [0, 0.05) is 24.0 Å². The fourth-order valence-corrected chi connectivity index (χ4v) is 3.83. The molecule has 8 heteroatoms. The van der Waals surface area contributed by atoms with Gasteiger partial charge in [-0.2, -0.15) is 0 Å². The number of sulfonamides is 1. The molecule has 2 aromatic rings. The predicted octanol–water partition coefficient (Wildman–Crippen LogP) is 2.51. The molecule has 0 saturated carbocycles. The quantitative estimate of drug-likeness (QED) is 0.833. The number of amides is 1. The maximum absolute atomic E-state index is 12.5. The molecule has 0 aliphatic heterocycles. The van der Waals surface area contributed by atoms with E-state index in [2.05, 4.69) is 10.3 Å². The number of nitrogens with one attached hydrogen (secondary N) is 1. The van der Waals surface area contributed by atoms with Crippen LogP contribution in [0.5, 0.6) is 0 Å². The summed E-state index contributed by atoms with van der Waals surface area (Å²) >= 11 is 6.01. The van der Waals surface area contributed by atoms with Gasteiger partial charge in [-0.25, -0.2) is 8.42 Å². The van der Waals surface area contributed by atoms with Gasteiger partial charge in [0.2, 0.25) is 15.9 Å². The molecule has 6 nitrogen and oxygen atoms in total. The van der Waals surface area contributed by atoms with Crippen molar-refractivity contribution in [3.63, 3.8) is 0 Å². The Morgan fingerprint density at radius 3 is 2.52 bits per heavy atom. The lowest BCUT2D eigenvalue weighted by Gasteiger charge is -2.29. The van der Waals surface area contributed by atoms with Crippen LogP contribution in [0, 0.1) is 6.92 Å². The third-order valence-electron chi connectivity index (χ3n) is 3.71. The van der Waals surface area contributed by atoms with Gasteiger partial charge in [0.25, 0.3) is 0 Å². The molecular formula is C17H20ClN3O3S. The van der Waals surface area contributed by atoms with Crippen molar-refractivity contribution in [2.45, 2.75) is 26.4 Å². The van der Waals surface area contributed by atoms with Gasteiger partial charge in [0.05, 0.1) is 11.9 Å². The van der Waals surface area contributed by atoms with E-state index in [-0.39, 0.29) is 6.54 Å². The van der Waals surface area contributed by atoms with Crippen LogP contribution in [0.4, 0.5) is 5.69 Å². The van der Waals surface area contributed by atoms with Gasteiger partial charge in [-0.15, -0.1) is 0 Å². The second-order valence-corrected chi connectivity index (χ2v) is 8.03. The van der Waals surface area contributed by atoms with E-state index in [1.165, 1.54) is 0 Å². The summed E-state index contributed by atoms with van der Waals surface area (Å²) in [5.41, 5.74) is 1.98. The number of carbonyl (C=O) groups excluding carboxylic acids is 1. The first kappa shape index (κ1) is 19.2. The van der Waals surface area contributed by atoms with Crippen LogP contribution in [0.2, 0.25) is 5.02 Å². The SMILES string of the molecule is Cc1ccc(Cl)cc1N([C@H](C)C(=O)NCc1ccncc1)S(C)(=O)=O. The molecule has 1 N–H and O–H groups in total. The lowest BCUT2D eigenvalue weighted by Crippen LogP contribution is -2.48. The Morgan fingerprint density at radius 2 is 1.92 bits per heavy atom. The van der Waals surface area contributed by atoms with E-state index in [1.54, 1.807) is 56.6 Å². The summed E-state index contributed by atoms with van der Waals surface area (Å²) in [6.07, 6.45) is 4.33. The van der Waals surface area contributed by atoms with Crippen molar-refractivity contribution < 1.29 is 13.2 Å². The van der Waals surface area contributed by atoms with Gasteiger partial charge in [0.15, 0.2) is 0 Å². The fourth-order valence-electron chi connectivity index (χ4n) is 2.44. The second-order valence-electron chi connectivity index (χ2n) is 5.74. The Morgan fingerprint density at radius 1 is 1.28 bits per heavy atom. The summed E-state index contributed by atoms with van der Waals surface area (Å²) in [5.74, 6) is -0.401. The number of anilines is 1. The number of hydrogen-bond donors (Lipinski definition) is 1.